The monoisotopic (exact) mass is 252 g/mol. The summed E-state index contributed by atoms with van der Waals surface area (Å²) < 4.78 is 24.7. The Kier molecular flexibility index (Phi) is 2.99. The van der Waals surface area contributed by atoms with E-state index in [1.807, 2.05) is 0 Å². The molecule has 0 radical (unpaired) electrons. The van der Waals surface area contributed by atoms with Crippen molar-refractivity contribution in [2.45, 2.75) is 37.4 Å². The third-order valence-electron chi connectivity index (χ3n) is 3.85. The van der Waals surface area contributed by atoms with Gasteiger partial charge in [-0.25, -0.2) is 4.39 Å². The largest absolute Gasteiger partial charge is 0.487 e. The van der Waals surface area contributed by atoms with E-state index in [0.29, 0.717) is 24.3 Å². The van der Waals surface area contributed by atoms with Gasteiger partial charge in [0.1, 0.15) is 17.2 Å². The Hall–Kier alpha value is -1.13. The fourth-order valence-electron chi connectivity index (χ4n) is 2.90. The van der Waals surface area contributed by atoms with Gasteiger partial charge in [0, 0.05) is 31.1 Å². The number of hydrogen-bond acceptors (Lipinski definition) is 3. The number of halogens is 1. The Balaban J connectivity index is 1.93. The van der Waals surface area contributed by atoms with Crippen LogP contribution in [0.25, 0.3) is 0 Å². The number of rotatable bonds is 0. The third kappa shape index (κ3) is 2.10. The van der Waals surface area contributed by atoms with E-state index in [2.05, 4.69) is 0 Å². The summed E-state index contributed by atoms with van der Waals surface area (Å²) in [6.45, 7) is 1.37. The minimum absolute atomic E-state index is 0.331. The molecule has 0 aliphatic carbocycles. The van der Waals surface area contributed by atoms with Crippen LogP contribution < -0.4 is 4.74 Å². The van der Waals surface area contributed by atoms with Crippen molar-refractivity contribution < 1.29 is 19.0 Å². The van der Waals surface area contributed by atoms with E-state index >= 15 is 0 Å². The maximum Gasteiger partial charge on any atom is 0.128 e. The lowest BCUT2D eigenvalue weighted by Crippen LogP contribution is -2.41. The van der Waals surface area contributed by atoms with Crippen molar-refractivity contribution in [2.24, 2.45) is 0 Å². The fourth-order valence-corrected chi connectivity index (χ4v) is 2.90. The molecular formula is C14H17FO3. The highest BCUT2D eigenvalue weighted by Gasteiger charge is 2.40. The van der Waals surface area contributed by atoms with Gasteiger partial charge in [-0.15, -0.1) is 0 Å². The molecule has 1 saturated heterocycles. The molecule has 98 valence electrons. The van der Waals surface area contributed by atoms with Crippen LogP contribution in [0.1, 0.15) is 37.4 Å². The van der Waals surface area contributed by atoms with Gasteiger partial charge >= 0.3 is 0 Å². The van der Waals surface area contributed by atoms with E-state index in [4.69, 9.17) is 9.47 Å². The van der Waals surface area contributed by atoms with Crippen molar-refractivity contribution in [3.8, 4) is 5.75 Å². The number of fused-ring (bicyclic) bond motifs is 1. The molecule has 2 aliphatic heterocycles. The molecule has 0 bridgehead atoms. The molecule has 1 spiro atoms. The summed E-state index contributed by atoms with van der Waals surface area (Å²) in [5, 5.41) is 10.2. The number of aliphatic hydroxyl groups excluding tert-OH is 1. The minimum Gasteiger partial charge on any atom is -0.487 e. The van der Waals surface area contributed by atoms with Crippen molar-refractivity contribution in [2.75, 3.05) is 13.2 Å². The van der Waals surface area contributed by atoms with Gasteiger partial charge in [-0.1, -0.05) is 0 Å². The van der Waals surface area contributed by atoms with E-state index in [0.717, 1.165) is 25.9 Å². The van der Waals surface area contributed by atoms with Crippen LogP contribution in [0.2, 0.25) is 0 Å². The lowest BCUT2D eigenvalue weighted by atomic mass is 9.83. The van der Waals surface area contributed by atoms with Gasteiger partial charge < -0.3 is 14.6 Å². The van der Waals surface area contributed by atoms with E-state index in [1.165, 1.54) is 12.1 Å². The number of aliphatic hydroxyl groups is 1. The van der Waals surface area contributed by atoms with Crippen molar-refractivity contribution >= 4 is 0 Å². The van der Waals surface area contributed by atoms with Crippen molar-refractivity contribution in [3.63, 3.8) is 0 Å². The van der Waals surface area contributed by atoms with Crippen LogP contribution in [0.3, 0.4) is 0 Å². The number of benzene rings is 1. The molecule has 4 heteroatoms. The van der Waals surface area contributed by atoms with Crippen LogP contribution in [0.5, 0.6) is 5.75 Å². The first kappa shape index (κ1) is 11.9. The lowest BCUT2D eigenvalue weighted by Gasteiger charge is -2.40. The molecule has 2 unspecified atom stereocenters. The van der Waals surface area contributed by atoms with E-state index in [-0.39, 0.29) is 5.82 Å². The van der Waals surface area contributed by atoms with Crippen LogP contribution in [-0.4, -0.2) is 23.9 Å². The molecule has 0 aromatic heterocycles. The quantitative estimate of drug-likeness (QED) is 0.771. The molecule has 3 nitrogen and oxygen atoms in total. The Labute approximate surface area is 106 Å². The summed E-state index contributed by atoms with van der Waals surface area (Å²) in [6.07, 6.45) is 2.50. The second-order valence-electron chi connectivity index (χ2n) is 5.15. The molecule has 2 atom stereocenters. The van der Waals surface area contributed by atoms with E-state index in [9.17, 15) is 9.50 Å². The standard InChI is InChI=1S/C14H17FO3/c15-10-2-3-11-12(16)9-14(18-13(11)8-10)4-1-6-17-7-5-14/h2-3,8,12,16H,1,4-7,9H2. The molecule has 1 fully saturated rings. The lowest BCUT2D eigenvalue weighted by molar-refractivity contribution is -0.0274. The van der Waals surface area contributed by atoms with Gasteiger partial charge in [0.25, 0.3) is 0 Å². The average molecular weight is 252 g/mol. The Morgan fingerprint density at radius 2 is 2.17 bits per heavy atom. The third-order valence-corrected chi connectivity index (χ3v) is 3.85. The summed E-state index contributed by atoms with van der Waals surface area (Å²) >= 11 is 0. The van der Waals surface area contributed by atoms with Crippen LogP contribution in [0.4, 0.5) is 4.39 Å². The summed E-state index contributed by atoms with van der Waals surface area (Å²) in [6, 6.07) is 4.33. The zero-order valence-electron chi connectivity index (χ0n) is 10.2. The van der Waals surface area contributed by atoms with Crippen molar-refractivity contribution in [3.05, 3.63) is 29.6 Å². The molecule has 2 aliphatic rings. The second kappa shape index (κ2) is 4.52. The molecular weight excluding hydrogens is 235 g/mol. The molecule has 2 heterocycles. The predicted molar refractivity (Wildman–Crippen MR) is 64.0 cm³/mol. The van der Waals surface area contributed by atoms with Crippen LogP contribution in [-0.2, 0) is 4.74 Å². The molecule has 1 N–H and O–H groups in total. The Bertz CT molecular complexity index is 439. The van der Waals surface area contributed by atoms with Gasteiger partial charge in [0.15, 0.2) is 0 Å². The number of ether oxygens (including phenoxy) is 2. The molecule has 18 heavy (non-hydrogen) atoms. The normalized spacial score (nSPS) is 31.6. The van der Waals surface area contributed by atoms with Crippen molar-refractivity contribution in [1.29, 1.82) is 0 Å². The molecule has 0 saturated carbocycles. The summed E-state index contributed by atoms with van der Waals surface area (Å²) in [7, 11) is 0. The van der Waals surface area contributed by atoms with Crippen molar-refractivity contribution in [1.82, 2.24) is 0 Å². The van der Waals surface area contributed by atoms with Crippen LogP contribution in [0.15, 0.2) is 18.2 Å². The van der Waals surface area contributed by atoms with Crippen LogP contribution >= 0.6 is 0 Å². The maximum atomic E-state index is 13.3. The van der Waals surface area contributed by atoms with Crippen LogP contribution in [0, 0.1) is 5.82 Å². The second-order valence-corrected chi connectivity index (χ2v) is 5.15. The van der Waals surface area contributed by atoms with Gasteiger partial charge in [-0.3, -0.25) is 0 Å². The molecule has 1 aromatic carbocycles. The SMILES string of the molecule is OC1CC2(CCCOCC2)Oc2cc(F)ccc21. The Morgan fingerprint density at radius 1 is 1.28 bits per heavy atom. The summed E-state index contributed by atoms with van der Waals surface area (Å²) in [4.78, 5) is 0. The van der Waals surface area contributed by atoms with Gasteiger partial charge in [0.2, 0.25) is 0 Å². The molecule has 0 amide bonds. The average Bonchev–Trinajstić information content (AvgIpc) is 2.54. The van der Waals surface area contributed by atoms with E-state index < -0.39 is 11.7 Å². The van der Waals surface area contributed by atoms with E-state index in [1.54, 1.807) is 6.07 Å². The number of hydrogen-bond donors (Lipinski definition) is 1. The zero-order chi connectivity index (χ0) is 12.6. The first-order chi connectivity index (χ1) is 8.69. The predicted octanol–water partition coefficient (Wildman–Crippen LogP) is 2.58. The maximum absolute atomic E-state index is 13.3. The summed E-state index contributed by atoms with van der Waals surface area (Å²) in [5.74, 6) is 0.151. The van der Waals surface area contributed by atoms with Gasteiger partial charge in [-0.2, -0.15) is 0 Å². The molecule has 3 rings (SSSR count). The fraction of sp³-hybridized carbons (Fsp3) is 0.571. The zero-order valence-corrected chi connectivity index (χ0v) is 10.2. The highest BCUT2D eigenvalue weighted by atomic mass is 19.1. The first-order valence-corrected chi connectivity index (χ1v) is 6.43. The van der Waals surface area contributed by atoms with Gasteiger partial charge in [-0.05, 0) is 25.0 Å². The highest BCUT2D eigenvalue weighted by Crippen LogP contribution is 2.44. The first-order valence-electron chi connectivity index (χ1n) is 6.43. The molecule has 1 aromatic rings. The van der Waals surface area contributed by atoms with Gasteiger partial charge in [0.05, 0.1) is 12.7 Å². The Morgan fingerprint density at radius 3 is 3.06 bits per heavy atom. The minimum atomic E-state index is -0.576. The summed E-state index contributed by atoms with van der Waals surface area (Å²) in [5.41, 5.74) is 0.295. The topological polar surface area (TPSA) is 38.7 Å². The highest BCUT2D eigenvalue weighted by molar-refractivity contribution is 5.38. The smallest absolute Gasteiger partial charge is 0.128 e.